The molecule has 1 saturated carbocycles. The van der Waals surface area contributed by atoms with Crippen LogP contribution >= 0.6 is 0 Å². The van der Waals surface area contributed by atoms with Crippen LogP contribution in [0.25, 0.3) is 0 Å². The van der Waals surface area contributed by atoms with Gasteiger partial charge in [-0.1, -0.05) is 12.8 Å². The molecule has 0 unspecified atom stereocenters. The molecule has 0 aromatic rings. The maximum absolute atomic E-state index is 12.0. The normalized spacial score (nSPS) is 16.1. The number of carbonyl (C=O) groups excluding carboxylic acids is 1. The van der Waals surface area contributed by atoms with Gasteiger partial charge in [-0.25, -0.2) is 4.79 Å². The number of urea groups is 1. The average molecular weight is 228 g/mol. The molecule has 1 rings (SSSR count). The molecule has 1 aliphatic carbocycles. The molecule has 1 fully saturated rings. The lowest BCUT2D eigenvalue weighted by Gasteiger charge is -2.31. The second kappa shape index (κ2) is 5.72. The Morgan fingerprint density at radius 1 is 1.31 bits per heavy atom. The van der Waals surface area contributed by atoms with Crippen molar-refractivity contribution in [1.82, 2.24) is 9.80 Å². The van der Waals surface area contributed by atoms with E-state index in [4.69, 9.17) is 5.11 Å². The monoisotopic (exact) mass is 228 g/mol. The summed E-state index contributed by atoms with van der Waals surface area (Å²) in [4.78, 5) is 25.8. The van der Waals surface area contributed by atoms with Crippen LogP contribution in [-0.2, 0) is 4.79 Å². The van der Waals surface area contributed by atoms with Gasteiger partial charge in [0.15, 0.2) is 0 Å². The molecule has 0 radical (unpaired) electrons. The van der Waals surface area contributed by atoms with Gasteiger partial charge in [-0.3, -0.25) is 4.79 Å². The van der Waals surface area contributed by atoms with E-state index in [1.807, 2.05) is 6.92 Å². The number of aliphatic carboxylic acids is 1. The Morgan fingerprint density at radius 2 is 1.88 bits per heavy atom. The van der Waals surface area contributed by atoms with Crippen LogP contribution in [-0.4, -0.2) is 53.1 Å². The summed E-state index contributed by atoms with van der Waals surface area (Å²) in [5.74, 6) is -0.940. The van der Waals surface area contributed by atoms with Gasteiger partial charge < -0.3 is 14.9 Å². The predicted molar refractivity (Wildman–Crippen MR) is 60.3 cm³/mol. The smallest absolute Gasteiger partial charge is 0.323 e. The summed E-state index contributed by atoms with van der Waals surface area (Å²) in [7, 11) is 1.70. The molecule has 0 aromatic carbocycles. The van der Waals surface area contributed by atoms with Crippen molar-refractivity contribution in [3.8, 4) is 0 Å². The van der Waals surface area contributed by atoms with Crippen molar-refractivity contribution in [2.45, 2.75) is 38.6 Å². The highest BCUT2D eigenvalue weighted by Crippen LogP contribution is 2.24. The average Bonchev–Trinajstić information content (AvgIpc) is 2.76. The lowest BCUT2D eigenvalue weighted by atomic mass is 10.2. The highest BCUT2D eigenvalue weighted by atomic mass is 16.4. The van der Waals surface area contributed by atoms with Crippen molar-refractivity contribution in [1.29, 1.82) is 0 Å². The van der Waals surface area contributed by atoms with E-state index >= 15 is 0 Å². The molecule has 0 bridgehead atoms. The number of hydrogen-bond donors (Lipinski definition) is 1. The molecule has 0 aromatic heterocycles. The third-order valence-corrected chi connectivity index (χ3v) is 3.12. The van der Waals surface area contributed by atoms with Gasteiger partial charge in [0, 0.05) is 19.6 Å². The van der Waals surface area contributed by atoms with Gasteiger partial charge in [-0.2, -0.15) is 0 Å². The molecule has 1 N–H and O–H groups in total. The van der Waals surface area contributed by atoms with Gasteiger partial charge in [0.05, 0.1) is 0 Å². The van der Waals surface area contributed by atoms with Gasteiger partial charge >= 0.3 is 12.0 Å². The second-order valence-corrected chi connectivity index (χ2v) is 4.26. The molecule has 0 saturated heterocycles. The molecule has 5 heteroatoms. The molecular formula is C11H20N2O3. The maximum atomic E-state index is 12.0. The minimum atomic E-state index is -0.940. The molecule has 1 aliphatic rings. The first-order valence-electron chi connectivity index (χ1n) is 5.79. The van der Waals surface area contributed by atoms with Gasteiger partial charge in [-0.15, -0.1) is 0 Å². The van der Waals surface area contributed by atoms with E-state index in [0.717, 1.165) is 25.7 Å². The van der Waals surface area contributed by atoms with Gasteiger partial charge in [0.25, 0.3) is 0 Å². The van der Waals surface area contributed by atoms with Crippen molar-refractivity contribution in [3.05, 3.63) is 0 Å². The highest BCUT2D eigenvalue weighted by Gasteiger charge is 2.29. The summed E-state index contributed by atoms with van der Waals surface area (Å²) < 4.78 is 0. The van der Waals surface area contributed by atoms with Gasteiger partial charge in [-0.05, 0) is 19.8 Å². The second-order valence-electron chi connectivity index (χ2n) is 4.26. The van der Waals surface area contributed by atoms with Crippen LogP contribution in [0.3, 0.4) is 0 Å². The van der Waals surface area contributed by atoms with E-state index in [1.165, 1.54) is 4.90 Å². The van der Waals surface area contributed by atoms with Crippen LogP contribution < -0.4 is 0 Å². The van der Waals surface area contributed by atoms with Crippen molar-refractivity contribution in [2.24, 2.45) is 0 Å². The fourth-order valence-corrected chi connectivity index (χ4v) is 2.07. The summed E-state index contributed by atoms with van der Waals surface area (Å²) in [5, 5.41) is 8.84. The zero-order valence-electron chi connectivity index (χ0n) is 9.98. The molecule has 0 heterocycles. The minimum Gasteiger partial charge on any atom is -0.480 e. The highest BCUT2D eigenvalue weighted by molar-refractivity contribution is 5.80. The predicted octanol–water partition coefficient (Wildman–Crippen LogP) is 1.39. The summed E-state index contributed by atoms with van der Waals surface area (Å²) in [5.41, 5.74) is 0. The summed E-state index contributed by atoms with van der Waals surface area (Å²) >= 11 is 0. The van der Waals surface area contributed by atoms with Crippen LogP contribution in [0.4, 0.5) is 4.79 Å². The Hall–Kier alpha value is -1.26. The molecule has 5 nitrogen and oxygen atoms in total. The van der Waals surface area contributed by atoms with Crippen LogP contribution in [0.1, 0.15) is 32.6 Å². The molecule has 92 valence electrons. The number of carboxylic acid groups (broad SMARTS) is 1. The van der Waals surface area contributed by atoms with Crippen molar-refractivity contribution in [3.63, 3.8) is 0 Å². The zero-order chi connectivity index (χ0) is 12.1. The number of amides is 2. The molecule has 0 aliphatic heterocycles. The Bertz CT molecular complexity index is 262. The number of hydrogen-bond acceptors (Lipinski definition) is 2. The van der Waals surface area contributed by atoms with E-state index in [0.29, 0.717) is 6.54 Å². The number of carboxylic acids is 1. The lowest BCUT2D eigenvalue weighted by molar-refractivity contribution is -0.138. The minimum absolute atomic E-state index is 0.109. The largest absolute Gasteiger partial charge is 0.480 e. The van der Waals surface area contributed by atoms with Crippen LogP contribution in [0.5, 0.6) is 0 Å². The van der Waals surface area contributed by atoms with Crippen molar-refractivity contribution < 1.29 is 14.7 Å². The fourth-order valence-electron chi connectivity index (χ4n) is 2.07. The van der Waals surface area contributed by atoms with Gasteiger partial charge in [0.1, 0.15) is 6.54 Å². The third-order valence-electron chi connectivity index (χ3n) is 3.12. The van der Waals surface area contributed by atoms with Crippen molar-refractivity contribution in [2.75, 3.05) is 20.1 Å². The van der Waals surface area contributed by atoms with E-state index in [9.17, 15) is 9.59 Å². The van der Waals surface area contributed by atoms with Crippen LogP contribution in [0, 0.1) is 0 Å². The Balaban J connectivity index is 2.69. The Labute approximate surface area is 96.0 Å². The van der Waals surface area contributed by atoms with Gasteiger partial charge in [0.2, 0.25) is 0 Å². The van der Waals surface area contributed by atoms with Crippen LogP contribution in [0.2, 0.25) is 0 Å². The summed E-state index contributed by atoms with van der Waals surface area (Å²) in [6.07, 6.45) is 4.03. The Morgan fingerprint density at radius 3 is 2.31 bits per heavy atom. The zero-order valence-corrected chi connectivity index (χ0v) is 9.98. The number of rotatable bonds is 4. The molecule has 0 atom stereocenters. The standard InChI is InChI=1S/C11H20N2O3/c1-3-12(2)11(16)13(8-10(14)15)9-6-4-5-7-9/h9H,3-8H2,1-2H3,(H,14,15). The number of carbonyl (C=O) groups is 2. The van der Waals surface area contributed by atoms with E-state index < -0.39 is 5.97 Å². The van der Waals surface area contributed by atoms with E-state index in [-0.39, 0.29) is 18.6 Å². The first-order valence-corrected chi connectivity index (χ1v) is 5.79. The summed E-state index contributed by atoms with van der Waals surface area (Å²) in [6.45, 7) is 2.29. The first kappa shape index (κ1) is 12.8. The molecule has 0 spiro atoms. The van der Waals surface area contributed by atoms with Crippen molar-refractivity contribution >= 4 is 12.0 Å². The van der Waals surface area contributed by atoms with E-state index in [2.05, 4.69) is 0 Å². The summed E-state index contributed by atoms with van der Waals surface area (Å²) in [6, 6.07) is -0.0607. The topological polar surface area (TPSA) is 60.9 Å². The SMILES string of the molecule is CCN(C)C(=O)N(CC(=O)O)C1CCCC1. The quantitative estimate of drug-likeness (QED) is 0.791. The molecule has 16 heavy (non-hydrogen) atoms. The lowest BCUT2D eigenvalue weighted by Crippen LogP contribution is -2.48. The molecular weight excluding hydrogens is 208 g/mol. The number of nitrogens with zero attached hydrogens (tertiary/aromatic N) is 2. The fraction of sp³-hybridized carbons (Fsp3) is 0.818. The molecule has 2 amide bonds. The Kier molecular flexibility index (Phi) is 4.58. The maximum Gasteiger partial charge on any atom is 0.323 e. The van der Waals surface area contributed by atoms with Crippen LogP contribution in [0.15, 0.2) is 0 Å². The first-order chi connectivity index (χ1) is 7.56. The third kappa shape index (κ3) is 3.12. The van der Waals surface area contributed by atoms with E-state index in [1.54, 1.807) is 11.9 Å².